The number of fused-ring (bicyclic) bond motifs is 6. The van der Waals surface area contributed by atoms with E-state index >= 15 is 0 Å². The van der Waals surface area contributed by atoms with E-state index in [-0.39, 0.29) is 5.41 Å². The van der Waals surface area contributed by atoms with Crippen LogP contribution in [-0.2, 0) is 12.8 Å². The molecule has 0 atom stereocenters. The Labute approximate surface area is 228 Å². The van der Waals surface area contributed by atoms with Crippen LogP contribution in [0.3, 0.4) is 0 Å². The van der Waals surface area contributed by atoms with Crippen molar-refractivity contribution in [3.63, 3.8) is 0 Å². The molecule has 0 aliphatic rings. The maximum Gasteiger partial charge on any atom is 0.141 e. The summed E-state index contributed by atoms with van der Waals surface area (Å²) >= 11 is 0. The van der Waals surface area contributed by atoms with Gasteiger partial charge in [-0.25, -0.2) is 4.98 Å². The molecule has 0 saturated carbocycles. The minimum Gasteiger partial charge on any atom is -0.378 e. The second kappa shape index (κ2) is 9.59. The number of imidazole rings is 1. The Hall–Kier alpha value is -4.63. The Kier molecular flexibility index (Phi) is 6.40. The van der Waals surface area contributed by atoms with Crippen molar-refractivity contribution in [2.75, 3.05) is 0 Å². The lowest BCUT2D eigenvalue weighted by atomic mass is 9.86. The number of rotatable bonds is 3. The van der Waals surface area contributed by atoms with E-state index in [1.807, 2.05) is 6.07 Å². The van der Waals surface area contributed by atoms with Crippen molar-refractivity contribution in [2.45, 2.75) is 53.1 Å². The van der Waals surface area contributed by atoms with Gasteiger partial charge in [-0.2, -0.15) is 10.5 Å². The third kappa shape index (κ3) is 5.21. The third-order valence-electron chi connectivity index (χ3n) is 6.65. The van der Waals surface area contributed by atoms with Gasteiger partial charge < -0.3 is 10.1 Å². The van der Waals surface area contributed by atoms with E-state index in [1.165, 1.54) is 5.56 Å². The number of nitriles is 2. The summed E-state index contributed by atoms with van der Waals surface area (Å²) in [5.74, 6) is 6.51. The van der Waals surface area contributed by atoms with Gasteiger partial charge in [0.05, 0.1) is 39.9 Å². The number of H-pyrrole nitrogens is 1. The molecule has 5 nitrogen and oxygen atoms in total. The van der Waals surface area contributed by atoms with E-state index in [4.69, 9.17) is 4.98 Å². The van der Waals surface area contributed by atoms with Crippen LogP contribution < -0.4 is 0 Å². The van der Waals surface area contributed by atoms with Crippen molar-refractivity contribution in [3.05, 3.63) is 76.9 Å². The van der Waals surface area contributed by atoms with Crippen molar-refractivity contribution < 1.29 is 5.11 Å². The van der Waals surface area contributed by atoms with Gasteiger partial charge in [-0.15, -0.1) is 0 Å². The maximum atomic E-state index is 10.00. The number of aliphatic hydroxyl groups is 1. The van der Waals surface area contributed by atoms with Crippen LogP contribution in [-0.4, -0.2) is 20.7 Å². The molecule has 0 aliphatic carbocycles. The molecule has 0 fully saturated rings. The van der Waals surface area contributed by atoms with Crippen LogP contribution in [0, 0.1) is 39.9 Å². The smallest absolute Gasteiger partial charge is 0.141 e. The first-order valence-electron chi connectivity index (χ1n) is 13.0. The van der Waals surface area contributed by atoms with Crippen LogP contribution in [0.4, 0.5) is 0 Å². The Bertz CT molecular complexity index is 1870. The standard InChI is InChI=1S/C34H30N4O/c1-33(2,3)18-22-12-14-26-28(17-22)27-16-21(8-7-15-34(4,5)39)11-13-25(27)30-31(26)38-32(37-30)29-23(19-35)9-6-10-24(29)20-36/h6,9-14,16-17,39H,8,18H2,1-5H3,(H,37,38). The van der Waals surface area contributed by atoms with Gasteiger partial charge in [-0.3, -0.25) is 0 Å². The lowest BCUT2D eigenvalue weighted by Crippen LogP contribution is -2.14. The fourth-order valence-corrected chi connectivity index (χ4v) is 5.12. The zero-order chi connectivity index (χ0) is 27.9. The zero-order valence-corrected chi connectivity index (χ0v) is 22.9. The molecule has 0 saturated heterocycles. The van der Waals surface area contributed by atoms with Crippen molar-refractivity contribution in [3.8, 4) is 35.4 Å². The molecule has 5 aromatic rings. The van der Waals surface area contributed by atoms with E-state index in [9.17, 15) is 15.6 Å². The van der Waals surface area contributed by atoms with Crippen LogP contribution >= 0.6 is 0 Å². The quantitative estimate of drug-likeness (QED) is 0.198. The SMILES string of the molecule is CC(C)(O)C#CCc1ccc2c(c1)c1cc(CC(C)(C)C)ccc1c1[nH]c(-c3c(C#N)cccc3C#N)nc21. The molecular weight excluding hydrogens is 480 g/mol. The summed E-state index contributed by atoms with van der Waals surface area (Å²) in [4.78, 5) is 8.43. The van der Waals surface area contributed by atoms with Crippen molar-refractivity contribution in [2.24, 2.45) is 5.41 Å². The van der Waals surface area contributed by atoms with Crippen LogP contribution in [0.2, 0.25) is 0 Å². The Morgan fingerprint density at radius 2 is 1.44 bits per heavy atom. The largest absolute Gasteiger partial charge is 0.378 e. The lowest BCUT2D eigenvalue weighted by molar-refractivity contribution is 0.143. The molecule has 2 N–H and O–H groups in total. The highest BCUT2D eigenvalue weighted by Crippen LogP contribution is 2.38. The van der Waals surface area contributed by atoms with Gasteiger partial charge in [0.15, 0.2) is 0 Å². The van der Waals surface area contributed by atoms with E-state index in [1.54, 1.807) is 32.0 Å². The van der Waals surface area contributed by atoms with E-state index < -0.39 is 5.60 Å². The average molecular weight is 511 g/mol. The topological polar surface area (TPSA) is 96.5 Å². The summed E-state index contributed by atoms with van der Waals surface area (Å²) in [5.41, 5.74) is 4.41. The van der Waals surface area contributed by atoms with Gasteiger partial charge >= 0.3 is 0 Å². The second-order valence-electron chi connectivity index (χ2n) is 11.8. The van der Waals surface area contributed by atoms with E-state index in [2.05, 4.69) is 80.1 Å². The molecule has 0 spiro atoms. The summed E-state index contributed by atoms with van der Waals surface area (Å²) in [5, 5.41) is 33.7. The zero-order valence-electron chi connectivity index (χ0n) is 22.9. The number of hydrogen-bond donors (Lipinski definition) is 2. The highest BCUT2D eigenvalue weighted by atomic mass is 16.3. The van der Waals surface area contributed by atoms with Crippen LogP contribution in [0.5, 0.6) is 0 Å². The molecule has 4 aromatic carbocycles. The molecule has 39 heavy (non-hydrogen) atoms. The second-order valence-corrected chi connectivity index (χ2v) is 11.8. The maximum absolute atomic E-state index is 10.00. The number of nitrogens with zero attached hydrogens (tertiary/aromatic N) is 3. The average Bonchev–Trinajstić information content (AvgIpc) is 3.31. The van der Waals surface area contributed by atoms with Crippen molar-refractivity contribution >= 4 is 32.6 Å². The van der Waals surface area contributed by atoms with Gasteiger partial charge in [0, 0.05) is 17.2 Å². The summed E-state index contributed by atoms with van der Waals surface area (Å²) in [6.45, 7) is 10.1. The molecule has 0 unspecified atom stereocenters. The Balaban J connectivity index is 1.81. The highest BCUT2D eigenvalue weighted by Gasteiger charge is 2.19. The third-order valence-corrected chi connectivity index (χ3v) is 6.65. The fourth-order valence-electron chi connectivity index (χ4n) is 5.12. The first kappa shape index (κ1) is 26.0. The Morgan fingerprint density at radius 1 is 0.821 bits per heavy atom. The number of nitrogens with one attached hydrogen (secondary N) is 1. The van der Waals surface area contributed by atoms with Crippen LogP contribution in [0.15, 0.2) is 54.6 Å². The number of aromatic amines is 1. The van der Waals surface area contributed by atoms with Gasteiger partial charge in [0.1, 0.15) is 11.4 Å². The minimum atomic E-state index is -1.04. The normalized spacial score (nSPS) is 11.8. The highest BCUT2D eigenvalue weighted by molar-refractivity contribution is 6.23. The number of hydrogen-bond acceptors (Lipinski definition) is 4. The summed E-state index contributed by atoms with van der Waals surface area (Å²) in [6, 6.07) is 22.4. The molecular formula is C34H30N4O. The fraction of sp³-hybridized carbons (Fsp3) is 0.265. The molecule has 192 valence electrons. The molecule has 0 bridgehead atoms. The molecule has 5 rings (SSSR count). The molecule has 0 amide bonds. The van der Waals surface area contributed by atoms with Crippen molar-refractivity contribution in [1.82, 2.24) is 9.97 Å². The summed E-state index contributed by atoms with van der Waals surface area (Å²) in [7, 11) is 0. The number of aromatic nitrogens is 2. The summed E-state index contributed by atoms with van der Waals surface area (Å²) < 4.78 is 0. The van der Waals surface area contributed by atoms with Gasteiger partial charge in [-0.05, 0) is 65.8 Å². The predicted octanol–water partition coefficient (Wildman–Crippen LogP) is 7.19. The number of benzene rings is 4. The lowest BCUT2D eigenvalue weighted by Gasteiger charge is -2.19. The molecule has 1 heterocycles. The van der Waals surface area contributed by atoms with Crippen LogP contribution in [0.1, 0.15) is 56.9 Å². The Morgan fingerprint density at radius 3 is 2.08 bits per heavy atom. The minimum absolute atomic E-state index is 0.140. The first-order chi connectivity index (χ1) is 18.5. The molecule has 5 heteroatoms. The van der Waals surface area contributed by atoms with Crippen LogP contribution in [0.25, 0.3) is 44.0 Å². The van der Waals surface area contributed by atoms with E-state index in [0.717, 1.165) is 44.6 Å². The summed E-state index contributed by atoms with van der Waals surface area (Å²) in [6.07, 6.45) is 1.46. The molecule has 0 aliphatic heterocycles. The molecule has 0 radical (unpaired) electrons. The van der Waals surface area contributed by atoms with Gasteiger partial charge in [-0.1, -0.05) is 69.0 Å². The first-order valence-corrected chi connectivity index (χ1v) is 13.0. The van der Waals surface area contributed by atoms with Gasteiger partial charge in [0.2, 0.25) is 0 Å². The molecule has 1 aromatic heterocycles. The van der Waals surface area contributed by atoms with Gasteiger partial charge in [0.25, 0.3) is 0 Å². The monoisotopic (exact) mass is 510 g/mol. The van der Waals surface area contributed by atoms with E-state index in [0.29, 0.717) is 28.9 Å². The predicted molar refractivity (Wildman–Crippen MR) is 157 cm³/mol. The van der Waals surface area contributed by atoms with Crippen molar-refractivity contribution in [1.29, 1.82) is 10.5 Å².